The van der Waals surface area contributed by atoms with Gasteiger partial charge in [0.25, 0.3) is 5.69 Å². The van der Waals surface area contributed by atoms with Crippen molar-refractivity contribution in [1.82, 2.24) is 5.32 Å². The highest BCUT2D eigenvalue weighted by Gasteiger charge is 2.21. The second-order valence-electron chi connectivity index (χ2n) is 4.94. The van der Waals surface area contributed by atoms with Crippen molar-refractivity contribution in [3.8, 4) is 0 Å². The van der Waals surface area contributed by atoms with Gasteiger partial charge in [0.05, 0.1) is 11.0 Å². The number of nitro groups is 1. The highest BCUT2D eigenvalue weighted by molar-refractivity contribution is 5.54. The van der Waals surface area contributed by atoms with Crippen LogP contribution in [0.3, 0.4) is 0 Å². The summed E-state index contributed by atoms with van der Waals surface area (Å²) in [5, 5.41) is 13.9. The van der Waals surface area contributed by atoms with Gasteiger partial charge in [-0.1, -0.05) is 0 Å². The Labute approximate surface area is 111 Å². The number of nitrogens with one attached hydrogen (secondary N) is 1. The fourth-order valence-electron chi connectivity index (χ4n) is 2.60. The molecule has 104 valence electrons. The van der Waals surface area contributed by atoms with Crippen LogP contribution in [-0.4, -0.2) is 31.6 Å². The van der Waals surface area contributed by atoms with Crippen LogP contribution in [-0.2, 0) is 0 Å². The van der Waals surface area contributed by atoms with Gasteiger partial charge in [-0.05, 0) is 38.4 Å². The molecule has 1 unspecified atom stereocenters. The number of halogens is 1. The van der Waals surface area contributed by atoms with Crippen molar-refractivity contribution < 1.29 is 9.31 Å². The van der Waals surface area contributed by atoms with E-state index in [9.17, 15) is 14.5 Å². The molecule has 2 rings (SSSR count). The minimum absolute atomic E-state index is 0.189. The zero-order chi connectivity index (χ0) is 13.8. The average Bonchev–Trinajstić information content (AvgIpc) is 2.38. The van der Waals surface area contributed by atoms with Gasteiger partial charge in [-0.3, -0.25) is 10.1 Å². The zero-order valence-electron chi connectivity index (χ0n) is 10.9. The molecule has 0 radical (unpaired) electrons. The van der Waals surface area contributed by atoms with Crippen LogP contribution in [0.15, 0.2) is 18.2 Å². The Morgan fingerprint density at radius 2 is 2.32 bits per heavy atom. The Kier molecular flexibility index (Phi) is 4.31. The van der Waals surface area contributed by atoms with Crippen LogP contribution in [0.4, 0.5) is 15.8 Å². The summed E-state index contributed by atoms with van der Waals surface area (Å²) in [4.78, 5) is 12.2. The van der Waals surface area contributed by atoms with Crippen molar-refractivity contribution in [2.75, 3.05) is 31.6 Å². The largest absolute Gasteiger partial charge is 0.371 e. The molecular weight excluding hydrogens is 249 g/mol. The third-order valence-electron chi connectivity index (χ3n) is 3.46. The molecule has 6 heteroatoms. The van der Waals surface area contributed by atoms with Crippen molar-refractivity contribution in [3.05, 3.63) is 34.1 Å². The van der Waals surface area contributed by atoms with Gasteiger partial charge in [-0.2, -0.15) is 0 Å². The summed E-state index contributed by atoms with van der Waals surface area (Å²) in [5.41, 5.74) is 0.415. The smallest absolute Gasteiger partial charge is 0.274 e. The number of anilines is 1. The molecule has 1 saturated heterocycles. The second-order valence-corrected chi connectivity index (χ2v) is 4.94. The lowest BCUT2D eigenvalue weighted by molar-refractivity contribution is -0.385. The van der Waals surface area contributed by atoms with Crippen molar-refractivity contribution in [2.45, 2.75) is 12.8 Å². The molecule has 0 aromatic heterocycles. The first-order chi connectivity index (χ1) is 9.10. The Hall–Kier alpha value is -1.69. The highest BCUT2D eigenvalue weighted by Crippen LogP contribution is 2.27. The molecule has 19 heavy (non-hydrogen) atoms. The third kappa shape index (κ3) is 3.41. The molecule has 1 heterocycles. The molecule has 1 atom stereocenters. The summed E-state index contributed by atoms with van der Waals surface area (Å²) in [6, 6.07) is 3.78. The fourth-order valence-corrected chi connectivity index (χ4v) is 2.60. The lowest BCUT2D eigenvalue weighted by atomic mass is 9.97. The topological polar surface area (TPSA) is 58.4 Å². The summed E-state index contributed by atoms with van der Waals surface area (Å²) in [5.74, 6) is -0.0546. The summed E-state index contributed by atoms with van der Waals surface area (Å²) < 4.78 is 13.4. The molecule has 1 N–H and O–H groups in total. The number of nitro benzene ring substituents is 1. The van der Waals surface area contributed by atoms with Crippen LogP contribution in [0.2, 0.25) is 0 Å². The maximum absolute atomic E-state index is 13.4. The minimum atomic E-state index is -0.556. The molecule has 0 aliphatic carbocycles. The Morgan fingerprint density at radius 3 is 3.00 bits per heavy atom. The number of piperidine rings is 1. The predicted octanol–water partition coefficient (Wildman–Crippen LogP) is 2.17. The lowest BCUT2D eigenvalue weighted by Gasteiger charge is -2.34. The van der Waals surface area contributed by atoms with E-state index in [1.807, 2.05) is 11.9 Å². The maximum Gasteiger partial charge on any atom is 0.274 e. The number of rotatable bonds is 4. The SMILES string of the molecule is CNCC1CCCN(c2cc(F)cc([N+](=O)[O-])c2)C1. The van der Waals surface area contributed by atoms with E-state index in [-0.39, 0.29) is 5.69 Å². The molecule has 1 fully saturated rings. The molecule has 0 spiro atoms. The van der Waals surface area contributed by atoms with Gasteiger partial charge in [0, 0.05) is 24.8 Å². The predicted molar refractivity (Wildman–Crippen MR) is 71.9 cm³/mol. The number of benzene rings is 1. The number of hydrogen-bond acceptors (Lipinski definition) is 4. The second kappa shape index (κ2) is 5.97. The summed E-state index contributed by atoms with van der Waals surface area (Å²) in [6.07, 6.45) is 2.16. The minimum Gasteiger partial charge on any atom is -0.371 e. The molecule has 1 aromatic carbocycles. The molecular formula is C13H18FN3O2. The van der Waals surface area contributed by atoms with E-state index < -0.39 is 10.7 Å². The molecule has 0 amide bonds. The molecule has 1 aliphatic heterocycles. The van der Waals surface area contributed by atoms with E-state index in [1.54, 1.807) is 0 Å². The first-order valence-electron chi connectivity index (χ1n) is 6.44. The van der Waals surface area contributed by atoms with Crippen LogP contribution in [0.1, 0.15) is 12.8 Å². The van der Waals surface area contributed by atoms with Crippen LogP contribution < -0.4 is 10.2 Å². The normalized spacial score (nSPS) is 19.5. The van der Waals surface area contributed by atoms with Crippen molar-refractivity contribution in [2.24, 2.45) is 5.92 Å². The van der Waals surface area contributed by atoms with E-state index in [0.717, 1.165) is 38.5 Å². The van der Waals surface area contributed by atoms with Gasteiger partial charge in [0.1, 0.15) is 5.82 Å². The summed E-state index contributed by atoms with van der Waals surface area (Å²) in [7, 11) is 1.91. The molecule has 1 aliphatic rings. The van der Waals surface area contributed by atoms with Gasteiger partial charge in [-0.15, -0.1) is 0 Å². The maximum atomic E-state index is 13.4. The first-order valence-corrected chi connectivity index (χ1v) is 6.44. The Bertz CT molecular complexity index is 465. The monoisotopic (exact) mass is 267 g/mol. The van der Waals surface area contributed by atoms with Crippen LogP contribution in [0.5, 0.6) is 0 Å². The van der Waals surface area contributed by atoms with Gasteiger partial charge in [-0.25, -0.2) is 4.39 Å². The van der Waals surface area contributed by atoms with Crippen LogP contribution in [0, 0.1) is 21.8 Å². The zero-order valence-corrected chi connectivity index (χ0v) is 10.9. The standard InChI is InChI=1S/C13H18FN3O2/c1-15-8-10-3-2-4-16(9-10)12-5-11(14)6-13(7-12)17(18)19/h5-7,10,15H,2-4,8-9H2,1H3. The molecule has 0 bridgehead atoms. The van der Waals surface area contributed by atoms with E-state index >= 15 is 0 Å². The van der Waals surface area contributed by atoms with Gasteiger partial charge < -0.3 is 10.2 Å². The fraction of sp³-hybridized carbons (Fsp3) is 0.538. The highest BCUT2D eigenvalue weighted by atomic mass is 19.1. The number of hydrogen-bond donors (Lipinski definition) is 1. The van der Waals surface area contributed by atoms with Crippen molar-refractivity contribution in [3.63, 3.8) is 0 Å². The van der Waals surface area contributed by atoms with Gasteiger partial charge in [0.2, 0.25) is 0 Å². The van der Waals surface area contributed by atoms with Crippen LogP contribution >= 0.6 is 0 Å². The number of non-ortho nitro benzene ring substituents is 1. The van der Waals surface area contributed by atoms with Crippen LogP contribution in [0.25, 0.3) is 0 Å². The van der Waals surface area contributed by atoms with E-state index in [4.69, 9.17) is 0 Å². The Morgan fingerprint density at radius 1 is 1.53 bits per heavy atom. The van der Waals surface area contributed by atoms with Gasteiger partial charge >= 0.3 is 0 Å². The molecule has 1 aromatic rings. The average molecular weight is 267 g/mol. The van der Waals surface area contributed by atoms with E-state index in [1.165, 1.54) is 12.1 Å². The van der Waals surface area contributed by atoms with Crippen molar-refractivity contribution >= 4 is 11.4 Å². The van der Waals surface area contributed by atoms with Gasteiger partial charge in [0.15, 0.2) is 0 Å². The third-order valence-corrected chi connectivity index (χ3v) is 3.46. The van der Waals surface area contributed by atoms with E-state index in [0.29, 0.717) is 11.6 Å². The first kappa shape index (κ1) is 13.7. The summed E-state index contributed by atoms with van der Waals surface area (Å²) in [6.45, 7) is 2.54. The molecule has 5 nitrogen and oxygen atoms in total. The summed E-state index contributed by atoms with van der Waals surface area (Å²) >= 11 is 0. The van der Waals surface area contributed by atoms with E-state index in [2.05, 4.69) is 5.32 Å². The molecule has 0 saturated carbocycles. The number of nitrogens with zero attached hydrogens (tertiary/aromatic N) is 2. The van der Waals surface area contributed by atoms with Crippen molar-refractivity contribution in [1.29, 1.82) is 0 Å². The quantitative estimate of drug-likeness (QED) is 0.671. The lowest BCUT2D eigenvalue weighted by Crippen LogP contribution is -2.39. The Balaban J connectivity index is 2.18.